The van der Waals surface area contributed by atoms with Gasteiger partial charge in [-0.25, -0.2) is 4.39 Å². The van der Waals surface area contributed by atoms with E-state index in [1.54, 1.807) is 0 Å². The van der Waals surface area contributed by atoms with Gasteiger partial charge in [0, 0.05) is 7.11 Å². The third-order valence-corrected chi connectivity index (χ3v) is 2.25. The van der Waals surface area contributed by atoms with Crippen LogP contribution in [0.4, 0.5) is 17.3 Å². The van der Waals surface area contributed by atoms with E-state index in [0.29, 0.717) is 25.3 Å². The van der Waals surface area contributed by atoms with E-state index in [1.807, 2.05) is 0 Å². The minimum Gasteiger partial charge on any atom is -0.488 e. The molecule has 9 heteroatoms. The zero-order valence-electron chi connectivity index (χ0n) is 11.4. The van der Waals surface area contributed by atoms with Gasteiger partial charge in [0.25, 0.3) is 0 Å². The fraction of sp³-hybridized carbons (Fsp3) is 0.455. The zero-order valence-corrected chi connectivity index (χ0v) is 14.5. The standard InChI is InChI=1S/C11H14BF4O3.K/c1-17-4-5-18-6-7-19-11-8-9(12(14,15)16)2-3-10(11)13;/h2-3,8H,4-7H2,1H3;/q-1;+1. The van der Waals surface area contributed by atoms with Gasteiger partial charge in [0.05, 0.1) is 19.8 Å². The van der Waals surface area contributed by atoms with E-state index in [0.717, 1.165) is 6.07 Å². The quantitative estimate of drug-likeness (QED) is 0.347. The molecule has 0 aromatic heterocycles. The second-order valence-electron chi connectivity index (χ2n) is 3.72. The van der Waals surface area contributed by atoms with Gasteiger partial charge >= 0.3 is 58.4 Å². The number of methoxy groups -OCH3 is 1. The summed E-state index contributed by atoms with van der Waals surface area (Å²) in [7, 11) is 1.51. The molecule has 0 aliphatic carbocycles. The van der Waals surface area contributed by atoms with Crippen LogP contribution in [-0.4, -0.2) is 40.5 Å². The number of benzene rings is 1. The maximum Gasteiger partial charge on any atom is 1.00 e. The normalized spacial score (nSPS) is 11.1. The van der Waals surface area contributed by atoms with E-state index in [-0.39, 0.29) is 64.6 Å². The molecule has 3 nitrogen and oxygen atoms in total. The molecule has 0 bridgehead atoms. The fourth-order valence-corrected chi connectivity index (χ4v) is 1.29. The van der Waals surface area contributed by atoms with Crippen molar-refractivity contribution in [3.8, 4) is 5.75 Å². The van der Waals surface area contributed by atoms with Crippen LogP contribution in [0.15, 0.2) is 18.2 Å². The first kappa shape index (κ1) is 20.4. The molecule has 0 unspecified atom stereocenters. The molecule has 1 aromatic rings. The Bertz CT molecular complexity index is 404. The number of rotatable bonds is 8. The van der Waals surface area contributed by atoms with E-state index in [4.69, 9.17) is 14.2 Å². The third-order valence-electron chi connectivity index (χ3n) is 2.25. The van der Waals surface area contributed by atoms with E-state index in [9.17, 15) is 17.3 Å². The van der Waals surface area contributed by atoms with E-state index < -0.39 is 24.0 Å². The molecule has 0 heterocycles. The van der Waals surface area contributed by atoms with Gasteiger partial charge in [-0.15, -0.1) is 5.46 Å². The van der Waals surface area contributed by atoms with Crippen molar-refractivity contribution in [1.82, 2.24) is 0 Å². The predicted molar refractivity (Wildman–Crippen MR) is 63.3 cm³/mol. The summed E-state index contributed by atoms with van der Waals surface area (Å²) in [5, 5.41) is 0. The van der Waals surface area contributed by atoms with Gasteiger partial charge in [0.15, 0.2) is 11.6 Å². The van der Waals surface area contributed by atoms with Crippen molar-refractivity contribution >= 4 is 12.4 Å². The Morgan fingerprint density at radius 1 is 1.05 bits per heavy atom. The van der Waals surface area contributed by atoms with Gasteiger partial charge in [-0.3, -0.25) is 0 Å². The zero-order chi connectivity index (χ0) is 14.3. The Kier molecular flexibility index (Phi) is 10.3. The van der Waals surface area contributed by atoms with Gasteiger partial charge in [-0.05, 0) is 12.1 Å². The Hall–Kier alpha value is 0.361. The van der Waals surface area contributed by atoms with Crippen molar-refractivity contribution in [3.63, 3.8) is 0 Å². The van der Waals surface area contributed by atoms with Crippen LogP contribution in [0.5, 0.6) is 5.75 Å². The average Bonchev–Trinajstić information content (AvgIpc) is 2.34. The first-order valence-electron chi connectivity index (χ1n) is 5.64. The summed E-state index contributed by atoms with van der Waals surface area (Å²) in [5.74, 6) is -1.26. The number of ether oxygens (including phenoxy) is 3. The number of hydrogen-bond donors (Lipinski definition) is 0. The summed E-state index contributed by atoms with van der Waals surface area (Å²) in [6.07, 6.45) is 0. The summed E-state index contributed by atoms with van der Waals surface area (Å²) in [6.45, 7) is -4.31. The topological polar surface area (TPSA) is 27.7 Å². The fourth-order valence-electron chi connectivity index (χ4n) is 1.29. The summed E-state index contributed by atoms with van der Waals surface area (Å²) in [6, 6.07) is 2.09. The summed E-state index contributed by atoms with van der Waals surface area (Å²) in [5.41, 5.74) is -0.892. The van der Waals surface area contributed by atoms with Crippen LogP contribution in [0.1, 0.15) is 0 Å². The second-order valence-corrected chi connectivity index (χ2v) is 3.72. The smallest absolute Gasteiger partial charge is 0.488 e. The van der Waals surface area contributed by atoms with Crippen LogP contribution in [0.3, 0.4) is 0 Å². The molecule has 0 radical (unpaired) electrons. The monoisotopic (exact) mass is 320 g/mol. The van der Waals surface area contributed by atoms with E-state index >= 15 is 0 Å². The largest absolute Gasteiger partial charge is 1.00 e. The van der Waals surface area contributed by atoms with Crippen molar-refractivity contribution in [3.05, 3.63) is 24.0 Å². The van der Waals surface area contributed by atoms with Crippen LogP contribution < -0.4 is 61.6 Å². The molecule has 1 rings (SSSR count). The van der Waals surface area contributed by atoms with Gasteiger partial charge in [-0.1, -0.05) is 6.07 Å². The molecular weight excluding hydrogens is 306 g/mol. The Balaban J connectivity index is 0.00000361. The van der Waals surface area contributed by atoms with E-state index in [2.05, 4.69) is 0 Å². The molecule has 20 heavy (non-hydrogen) atoms. The van der Waals surface area contributed by atoms with Crippen LogP contribution in [0.2, 0.25) is 0 Å². The van der Waals surface area contributed by atoms with Crippen molar-refractivity contribution in [1.29, 1.82) is 0 Å². The molecule has 1 aromatic carbocycles. The minimum absolute atomic E-state index is 0. The molecule has 0 aliphatic rings. The molecule has 0 amide bonds. The average molecular weight is 320 g/mol. The van der Waals surface area contributed by atoms with Crippen LogP contribution in [-0.2, 0) is 9.47 Å². The summed E-state index contributed by atoms with van der Waals surface area (Å²) >= 11 is 0. The Morgan fingerprint density at radius 3 is 2.30 bits per heavy atom. The molecule has 108 valence electrons. The van der Waals surface area contributed by atoms with Gasteiger partial charge in [0.2, 0.25) is 0 Å². The number of halogens is 4. The van der Waals surface area contributed by atoms with Crippen LogP contribution in [0, 0.1) is 5.82 Å². The van der Waals surface area contributed by atoms with Crippen molar-refractivity contribution in [2.45, 2.75) is 0 Å². The van der Waals surface area contributed by atoms with Crippen LogP contribution >= 0.6 is 0 Å². The maximum atomic E-state index is 13.2. The SMILES string of the molecule is COCCOCCOc1cc([B-](F)(F)F)ccc1F.[K+]. The van der Waals surface area contributed by atoms with E-state index in [1.165, 1.54) is 7.11 Å². The Labute approximate surface area is 157 Å². The predicted octanol–water partition coefficient (Wildman–Crippen LogP) is -1.07. The molecule has 0 spiro atoms. The summed E-state index contributed by atoms with van der Waals surface area (Å²) < 4.78 is 65.4. The number of hydrogen-bond acceptors (Lipinski definition) is 3. The molecule has 0 N–H and O–H groups in total. The van der Waals surface area contributed by atoms with Crippen LogP contribution in [0.25, 0.3) is 0 Å². The van der Waals surface area contributed by atoms with Crippen molar-refractivity contribution in [2.75, 3.05) is 33.5 Å². The maximum absolute atomic E-state index is 13.2. The second kappa shape index (κ2) is 10.1. The Morgan fingerprint density at radius 2 is 1.70 bits per heavy atom. The third kappa shape index (κ3) is 7.39. The molecule has 0 saturated carbocycles. The molecule has 0 fully saturated rings. The van der Waals surface area contributed by atoms with Gasteiger partial charge < -0.3 is 27.2 Å². The summed E-state index contributed by atoms with van der Waals surface area (Å²) in [4.78, 5) is 0. The molecule has 0 saturated heterocycles. The van der Waals surface area contributed by atoms with Crippen molar-refractivity contribution < 1.29 is 82.9 Å². The molecule has 0 aliphatic heterocycles. The van der Waals surface area contributed by atoms with Crippen molar-refractivity contribution in [2.24, 2.45) is 0 Å². The van der Waals surface area contributed by atoms with Gasteiger partial charge in [0.1, 0.15) is 6.61 Å². The molecule has 0 atom stereocenters. The minimum atomic E-state index is -5.17. The molecular formula is C11H14BF4KO3. The van der Waals surface area contributed by atoms with Gasteiger partial charge in [-0.2, -0.15) is 0 Å². The first-order chi connectivity index (χ1) is 8.95. The first-order valence-corrected chi connectivity index (χ1v) is 5.64.